The van der Waals surface area contributed by atoms with Crippen LogP contribution in [-0.4, -0.2) is 31.1 Å². The van der Waals surface area contributed by atoms with Crippen LogP contribution < -0.4 is 9.64 Å². The van der Waals surface area contributed by atoms with Gasteiger partial charge in [-0.2, -0.15) is 0 Å². The van der Waals surface area contributed by atoms with Crippen molar-refractivity contribution in [3.8, 4) is 5.75 Å². The van der Waals surface area contributed by atoms with Gasteiger partial charge in [-0.3, -0.25) is 0 Å². The molecule has 3 nitrogen and oxygen atoms in total. The van der Waals surface area contributed by atoms with Crippen LogP contribution in [0.4, 0.5) is 11.4 Å². The van der Waals surface area contributed by atoms with Crippen LogP contribution in [0.5, 0.6) is 5.75 Å². The van der Waals surface area contributed by atoms with Crippen LogP contribution >= 0.6 is 0 Å². The normalized spacial score (nSPS) is 15.7. The second kappa shape index (κ2) is 10.0. The van der Waals surface area contributed by atoms with Crippen LogP contribution in [0.1, 0.15) is 43.0 Å². The van der Waals surface area contributed by atoms with Crippen LogP contribution in [0.15, 0.2) is 72.8 Å². The van der Waals surface area contributed by atoms with Crippen molar-refractivity contribution in [1.82, 2.24) is 4.90 Å². The van der Waals surface area contributed by atoms with Crippen LogP contribution in [0.25, 0.3) is 0 Å². The second-order valence-corrected chi connectivity index (χ2v) is 8.33. The maximum atomic E-state index is 6.02. The highest BCUT2D eigenvalue weighted by atomic mass is 16.5. The fourth-order valence-corrected chi connectivity index (χ4v) is 4.51. The number of aryl methyl sites for hydroxylation is 2. The summed E-state index contributed by atoms with van der Waals surface area (Å²) in [5.41, 5.74) is 6.63. The van der Waals surface area contributed by atoms with E-state index in [1.807, 2.05) is 0 Å². The van der Waals surface area contributed by atoms with Crippen LogP contribution in [0, 0.1) is 6.92 Å². The number of rotatable bonds is 8. The molecule has 1 heterocycles. The van der Waals surface area contributed by atoms with Gasteiger partial charge in [0.05, 0.1) is 6.04 Å². The van der Waals surface area contributed by atoms with Gasteiger partial charge in [-0.05, 0) is 74.3 Å². The van der Waals surface area contributed by atoms with E-state index in [1.54, 1.807) is 0 Å². The van der Waals surface area contributed by atoms with Gasteiger partial charge in [-0.1, -0.05) is 61.9 Å². The number of para-hydroxylation sites is 1. The Labute approximate surface area is 187 Å². The molecule has 0 spiro atoms. The lowest BCUT2D eigenvalue weighted by atomic mass is 9.90. The van der Waals surface area contributed by atoms with Gasteiger partial charge in [0, 0.05) is 17.9 Å². The Kier molecular flexibility index (Phi) is 6.93. The molecule has 1 aliphatic rings. The maximum Gasteiger partial charge on any atom is 0.119 e. The van der Waals surface area contributed by atoms with E-state index in [0.29, 0.717) is 6.04 Å². The van der Waals surface area contributed by atoms with Crippen molar-refractivity contribution >= 4 is 11.4 Å². The van der Waals surface area contributed by atoms with Crippen LogP contribution in [0.3, 0.4) is 0 Å². The molecule has 0 bridgehead atoms. The molecule has 3 aromatic rings. The predicted octanol–water partition coefficient (Wildman–Crippen LogP) is 6.54. The van der Waals surface area contributed by atoms with Gasteiger partial charge in [0.25, 0.3) is 0 Å². The molecule has 162 valence electrons. The number of anilines is 2. The first-order valence-corrected chi connectivity index (χ1v) is 11.6. The van der Waals surface area contributed by atoms with Crippen LogP contribution in [-0.2, 0) is 6.42 Å². The van der Waals surface area contributed by atoms with Crippen molar-refractivity contribution in [1.29, 1.82) is 0 Å². The summed E-state index contributed by atoms with van der Waals surface area (Å²) in [7, 11) is 0. The van der Waals surface area contributed by atoms with Crippen molar-refractivity contribution in [2.75, 3.05) is 31.1 Å². The van der Waals surface area contributed by atoms with E-state index in [4.69, 9.17) is 4.74 Å². The molecule has 31 heavy (non-hydrogen) atoms. The van der Waals surface area contributed by atoms with E-state index < -0.39 is 0 Å². The fourth-order valence-electron chi connectivity index (χ4n) is 4.51. The molecular formula is C28H34N2O. The summed E-state index contributed by atoms with van der Waals surface area (Å²) in [6.07, 6.45) is 2.22. The molecule has 3 aromatic carbocycles. The average molecular weight is 415 g/mol. The topological polar surface area (TPSA) is 15.7 Å². The van der Waals surface area contributed by atoms with Gasteiger partial charge in [0.15, 0.2) is 0 Å². The summed E-state index contributed by atoms with van der Waals surface area (Å²) in [4.78, 5) is 4.88. The van der Waals surface area contributed by atoms with Gasteiger partial charge in [0.1, 0.15) is 12.4 Å². The van der Waals surface area contributed by atoms with Gasteiger partial charge in [-0.25, -0.2) is 0 Å². The number of likely N-dealkylation sites (N-methyl/N-ethyl adjacent to an activating group) is 1. The maximum absolute atomic E-state index is 6.02. The SMILES string of the molecule is CCN(CC)CCOc1ccc(N2c3ccccc3CCC2c2ccc(C)cc2)cc1. The Morgan fingerprint density at radius 1 is 0.903 bits per heavy atom. The summed E-state index contributed by atoms with van der Waals surface area (Å²) in [6, 6.07) is 26.8. The summed E-state index contributed by atoms with van der Waals surface area (Å²) in [6.45, 7) is 10.3. The molecular weight excluding hydrogens is 380 g/mol. The minimum absolute atomic E-state index is 0.338. The number of hydrogen-bond acceptors (Lipinski definition) is 3. The number of nitrogens with zero attached hydrogens (tertiary/aromatic N) is 2. The third-order valence-electron chi connectivity index (χ3n) is 6.40. The molecule has 1 unspecified atom stereocenters. The summed E-state index contributed by atoms with van der Waals surface area (Å²) >= 11 is 0. The molecule has 0 N–H and O–H groups in total. The van der Waals surface area contributed by atoms with Gasteiger partial charge in [-0.15, -0.1) is 0 Å². The monoisotopic (exact) mass is 414 g/mol. The Bertz CT molecular complexity index is 961. The van der Waals surface area contributed by atoms with E-state index in [2.05, 4.69) is 103 Å². The van der Waals surface area contributed by atoms with Crippen LogP contribution in [0.2, 0.25) is 0 Å². The molecule has 3 heteroatoms. The first-order chi connectivity index (χ1) is 15.2. The lowest BCUT2D eigenvalue weighted by Crippen LogP contribution is -2.29. The molecule has 0 fully saturated rings. The predicted molar refractivity (Wildman–Crippen MR) is 131 cm³/mol. The largest absolute Gasteiger partial charge is 0.492 e. The van der Waals surface area contributed by atoms with Crippen molar-refractivity contribution in [2.45, 2.75) is 39.7 Å². The second-order valence-electron chi connectivity index (χ2n) is 8.33. The third-order valence-corrected chi connectivity index (χ3v) is 6.40. The smallest absolute Gasteiger partial charge is 0.119 e. The number of ether oxygens (including phenoxy) is 1. The lowest BCUT2D eigenvalue weighted by Gasteiger charge is -2.39. The fraction of sp³-hybridized carbons (Fsp3) is 0.357. The minimum Gasteiger partial charge on any atom is -0.492 e. The number of fused-ring (bicyclic) bond motifs is 1. The molecule has 4 rings (SSSR count). The highest BCUT2D eigenvalue weighted by molar-refractivity contribution is 5.70. The first-order valence-electron chi connectivity index (χ1n) is 11.6. The molecule has 0 radical (unpaired) electrons. The van der Waals surface area contributed by atoms with Gasteiger partial charge >= 0.3 is 0 Å². The quantitative estimate of drug-likeness (QED) is 0.416. The minimum atomic E-state index is 0.338. The molecule has 0 saturated carbocycles. The third kappa shape index (κ3) is 4.94. The molecule has 0 aliphatic carbocycles. The van der Waals surface area contributed by atoms with Gasteiger partial charge in [0.2, 0.25) is 0 Å². The Morgan fingerprint density at radius 3 is 2.32 bits per heavy atom. The molecule has 0 amide bonds. The van der Waals surface area contributed by atoms with Crippen molar-refractivity contribution in [3.63, 3.8) is 0 Å². The molecule has 0 aromatic heterocycles. The lowest BCUT2D eigenvalue weighted by molar-refractivity contribution is 0.223. The Morgan fingerprint density at radius 2 is 1.61 bits per heavy atom. The van der Waals surface area contributed by atoms with E-state index in [9.17, 15) is 0 Å². The van der Waals surface area contributed by atoms with E-state index in [0.717, 1.165) is 44.8 Å². The summed E-state index contributed by atoms with van der Waals surface area (Å²) < 4.78 is 6.02. The van der Waals surface area contributed by atoms with Crippen molar-refractivity contribution in [3.05, 3.63) is 89.5 Å². The molecule has 1 aliphatic heterocycles. The number of benzene rings is 3. The summed E-state index contributed by atoms with van der Waals surface area (Å²) in [5, 5.41) is 0. The summed E-state index contributed by atoms with van der Waals surface area (Å²) in [5.74, 6) is 0.938. The molecule has 0 saturated heterocycles. The number of hydrogen-bond donors (Lipinski definition) is 0. The van der Waals surface area contributed by atoms with E-state index >= 15 is 0 Å². The Balaban J connectivity index is 1.57. The zero-order valence-corrected chi connectivity index (χ0v) is 19.1. The highest BCUT2D eigenvalue weighted by Gasteiger charge is 2.28. The standard InChI is InChI=1S/C28H34N2O/c1-4-29(5-2)20-21-31-26-17-15-25(16-18-26)30-27-9-7-6-8-23(27)14-19-28(30)24-12-10-22(3)11-13-24/h6-13,15-18,28H,4-5,14,19-21H2,1-3H3. The molecule has 1 atom stereocenters. The van der Waals surface area contributed by atoms with Crippen molar-refractivity contribution < 1.29 is 4.74 Å². The van der Waals surface area contributed by atoms with Gasteiger partial charge < -0.3 is 14.5 Å². The van der Waals surface area contributed by atoms with E-state index in [-0.39, 0.29) is 0 Å². The average Bonchev–Trinajstić information content (AvgIpc) is 2.82. The highest BCUT2D eigenvalue weighted by Crippen LogP contribution is 2.43. The Hall–Kier alpha value is -2.78. The first kappa shape index (κ1) is 21.5. The zero-order chi connectivity index (χ0) is 21.6. The zero-order valence-electron chi connectivity index (χ0n) is 19.1. The van der Waals surface area contributed by atoms with E-state index in [1.165, 1.54) is 28.1 Å². The van der Waals surface area contributed by atoms with Crippen molar-refractivity contribution in [2.24, 2.45) is 0 Å².